The first-order valence-corrected chi connectivity index (χ1v) is 9.66. The molecule has 3 heteroatoms. The van der Waals surface area contributed by atoms with E-state index in [0.29, 0.717) is 24.2 Å². The van der Waals surface area contributed by atoms with Crippen molar-refractivity contribution in [2.75, 3.05) is 0 Å². The van der Waals surface area contributed by atoms with Gasteiger partial charge in [0.25, 0.3) is 0 Å². The molecule has 6 unspecified atom stereocenters. The topological polar surface area (TPSA) is 46.2 Å². The summed E-state index contributed by atoms with van der Waals surface area (Å²) in [5, 5.41) is 3.30. The second-order valence-corrected chi connectivity index (χ2v) is 9.37. The Bertz CT molecular complexity index is 544. The molecule has 1 aliphatic heterocycles. The number of nitrogens with one attached hydrogen (secondary N) is 1. The predicted molar refractivity (Wildman–Crippen MR) is 89.7 cm³/mol. The smallest absolute Gasteiger partial charge is 0.220 e. The van der Waals surface area contributed by atoms with E-state index < -0.39 is 0 Å². The number of hydrogen-bond acceptors (Lipinski definition) is 2. The van der Waals surface area contributed by atoms with Crippen LogP contribution in [0.5, 0.6) is 0 Å². The van der Waals surface area contributed by atoms with Crippen molar-refractivity contribution in [1.82, 2.24) is 5.32 Å². The van der Waals surface area contributed by atoms with Crippen molar-refractivity contribution < 1.29 is 9.59 Å². The quantitative estimate of drug-likeness (QED) is 0.801. The zero-order valence-corrected chi connectivity index (χ0v) is 14.9. The minimum Gasteiger partial charge on any atom is -0.353 e. The fraction of sp³-hybridized carbons (Fsp3) is 0.900. The summed E-state index contributed by atoms with van der Waals surface area (Å²) in [4.78, 5) is 24.0. The van der Waals surface area contributed by atoms with E-state index in [0.717, 1.165) is 37.0 Å². The summed E-state index contributed by atoms with van der Waals surface area (Å²) in [6, 6.07) is 0.388. The third-order valence-corrected chi connectivity index (χ3v) is 8.59. The zero-order valence-electron chi connectivity index (χ0n) is 14.9. The number of fused-ring (bicyclic) bond motifs is 5. The summed E-state index contributed by atoms with van der Waals surface area (Å²) in [7, 11) is 0. The lowest BCUT2D eigenvalue weighted by molar-refractivity contribution is -0.140. The van der Waals surface area contributed by atoms with Crippen molar-refractivity contribution in [1.29, 1.82) is 0 Å². The van der Waals surface area contributed by atoms with E-state index in [-0.39, 0.29) is 16.7 Å². The van der Waals surface area contributed by atoms with Crippen molar-refractivity contribution >= 4 is 11.7 Å². The summed E-state index contributed by atoms with van der Waals surface area (Å²) < 4.78 is 0. The standard InChI is InChI=1S/C20H31NO2/c1-12(22)14-5-6-15-13-4-7-17-20(3,11-9-18(23)21-17)16(13)8-10-19(14,15)2/h13-17H,4-11H2,1-3H3,(H,21,23)/t13?,14?,15?,16?,17-,19?,20?/m1/s1. The van der Waals surface area contributed by atoms with Crippen molar-refractivity contribution in [3.8, 4) is 0 Å². The Balaban J connectivity index is 1.63. The van der Waals surface area contributed by atoms with E-state index in [1.807, 2.05) is 0 Å². The maximum atomic E-state index is 12.1. The molecule has 0 aromatic carbocycles. The van der Waals surface area contributed by atoms with Crippen LogP contribution < -0.4 is 5.32 Å². The third-order valence-electron chi connectivity index (χ3n) is 8.59. The van der Waals surface area contributed by atoms with Gasteiger partial charge in [-0.25, -0.2) is 0 Å². The highest BCUT2D eigenvalue weighted by atomic mass is 16.1. The Hall–Kier alpha value is -0.860. The second kappa shape index (κ2) is 5.07. The van der Waals surface area contributed by atoms with E-state index in [1.165, 1.54) is 25.7 Å². The minimum absolute atomic E-state index is 0.244. The highest BCUT2D eigenvalue weighted by Crippen LogP contribution is 2.65. The van der Waals surface area contributed by atoms with Crippen molar-refractivity contribution in [3.63, 3.8) is 0 Å². The molecule has 1 saturated heterocycles. The van der Waals surface area contributed by atoms with Gasteiger partial charge in [0.1, 0.15) is 5.78 Å². The van der Waals surface area contributed by atoms with Gasteiger partial charge in [0.15, 0.2) is 0 Å². The molecule has 0 bridgehead atoms. The summed E-state index contributed by atoms with van der Waals surface area (Å²) in [5.74, 6) is 3.21. The van der Waals surface area contributed by atoms with Crippen LogP contribution in [0.15, 0.2) is 0 Å². The Morgan fingerprint density at radius 2 is 1.74 bits per heavy atom. The molecular formula is C20H31NO2. The molecule has 1 amide bonds. The molecule has 3 aliphatic carbocycles. The van der Waals surface area contributed by atoms with Gasteiger partial charge in [0, 0.05) is 18.4 Å². The lowest BCUT2D eigenvalue weighted by Gasteiger charge is -2.60. The fourth-order valence-electron chi connectivity index (χ4n) is 7.37. The minimum atomic E-state index is 0.244. The summed E-state index contributed by atoms with van der Waals surface area (Å²) in [6.07, 6.45) is 8.96. The van der Waals surface area contributed by atoms with Crippen LogP contribution in [0.4, 0.5) is 0 Å². The normalized spacial score (nSPS) is 52.1. The molecule has 23 heavy (non-hydrogen) atoms. The molecule has 128 valence electrons. The number of carbonyl (C=O) groups excluding carboxylic acids is 2. The first-order valence-electron chi connectivity index (χ1n) is 9.66. The lowest BCUT2D eigenvalue weighted by Crippen LogP contribution is -2.61. The molecule has 3 saturated carbocycles. The molecule has 0 spiro atoms. The van der Waals surface area contributed by atoms with Gasteiger partial charge in [-0.05, 0) is 80.5 Å². The Labute approximate surface area is 140 Å². The molecule has 1 N–H and O–H groups in total. The lowest BCUT2D eigenvalue weighted by atomic mass is 9.47. The highest BCUT2D eigenvalue weighted by Gasteiger charge is 2.60. The van der Waals surface area contributed by atoms with Gasteiger partial charge < -0.3 is 5.32 Å². The SMILES string of the molecule is CC(=O)C1CCC2C3CC[C@H]4NC(=O)CCC4(C)C3CCC12C. The van der Waals surface area contributed by atoms with Crippen molar-refractivity contribution in [2.45, 2.75) is 78.2 Å². The van der Waals surface area contributed by atoms with Crippen LogP contribution in [0.1, 0.15) is 72.1 Å². The molecule has 0 aromatic rings. The number of rotatable bonds is 1. The summed E-state index contributed by atoms with van der Waals surface area (Å²) in [5.41, 5.74) is 0.528. The molecular weight excluding hydrogens is 286 g/mol. The number of amides is 1. The molecule has 1 heterocycles. The van der Waals surface area contributed by atoms with E-state index in [2.05, 4.69) is 19.2 Å². The molecule has 4 fully saturated rings. The molecule has 7 atom stereocenters. The van der Waals surface area contributed by atoms with E-state index in [1.54, 1.807) is 6.92 Å². The number of carbonyl (C=O) groups is 2. The molecule has 4 aliphatic rings. The van der Waals surface area contributed by atoms with Gasteiger partial charge in [0.05, 0.1) is 0 Å². The van der Waals surface area contributed by atoms with Crippen LogP contribution in [-0.4, -0.2) is 17.7 Å². The van der Waals surface area contributed by atoms with Crippen LogP contribution in [0, 0.1) is 34.5 Å². The molecule has 0 aromatic heterocycles. The molecule has 0 radical (unpaired) electrons. The van der Waals surface area contributed by atoms with Crippen LogP contribution in [0.25, 0.3) is 0 Å². The number of piperidine rings is 1. The number of ketones is 1. The fourth-order valence-corrected chi connectivity index (χ4v) is 7.37. The van der Waals surface area contributed by atoms with Crippen LogP contribution in [-0.2, 0) is 9.59 Å². The van der Waals surface area contributed by atoms with Gasteiger partial charge in [0.2, 0.25) is 5.91 Å². The summed E-state index contributed by atoms with van der Waals surface area (Å²) >= 11 is 0. The molecule has 4 rings (SSSR count). The van der Waals surface area contributed by atoms with Crippen molar-refractivity contribution in [2.24, 2.45) is 34.5 Å². The third kappa shape index (κ3) is 2.07. The first kappa shape index (κ1) is 15.7. The monoisotopic (exact) mass is 317 g/mol. The van der Waals surface area contributed by atoms with Gasteiger partial charge in [-0.3, -0.25) is 9.59 Å². The van der Waals surface area contributed by atoms with Crippen LogP contribution >= 0.6 is 0 Å². The maximum absolute atomic E-state index is 12.1. The van der Waals surface area contributed by atoms with E-state index >= 15 is 0 Å². The average molecular weight is 317 g/mol. The number of hydrogen-bond donors (Lipinski definition) is 1. The van der Waals surface area contributed by atoms with E-state index in [4.69, 9.17) is 0 Å². The Kier molecular flexibility index (Phi) is 3.45. The summed E-state index contributed by atoms with van der Waals surface area (Å²) in [6.45, 7) is 6.65. The van der Waals surface area contributed by atoms with Crippen LogP contribution in [0.2, 0.25) is 0 Å². The second-order valence-electron chi connectivity index (χ2n) is 9.37. The highest BCUT2D eigenvalue weighted by molar-refractivity contribution is 5.79. The first-order chi connectivity index (χ1) is 10.9. The molecule has 3 nitrogen and oxygen atoms in total. The van der Waals surface area contributed by atoms with Gasteiger partial charge in [-0.15, -0.1) is 0 Å². The van der Waals surface area contributed by atoms with Gasteiger partial charge in [-0.2, -0.15) is 0 Å². The Morgan fingerprint density at radius 1 is 1.00 bits per heavy atom. The average Bonchev–Trinajstić information content (AvgIpc) is 2.85. The largest absolute Gasteiger partial charge is 0.353 e. The number of Topliss-reactive ketones (excluding diaryl/α,β-unsaturated/α-hetero) is 1. The van der Waals surface area contributed by atoms with Crippen LogP contribution in [0.3, 0.4) is 0 Å². The predicted octanol–water partition coefficient (Wildman–Crippen LogP) is 3.71. The zero-order chi connectivity index (χ0) is 16.4. The maximum Gasteiger partial charge on any atom is 0.220 e. The van der Waals surface area contributed by atoms with E-state index in [9.17, 15) is 9.59 Å². The Morgan fingerprint density at radius 3 is 2.48 bits per heavy atom. The van der Waals surface area contributed by atoms with Crippen molar-refractivity contribution in [3.05, 3.63) is 0 Å². The van der Waals surface area contributed by atoms with Gasteiger partial charge >= 0.3 is 0 Å². The van der Waals surface area contributed by atoms with Gasteiger partial charge in [-0.1, -0.05) is 13.8 Å².